The van der Waals surface area contributed by atoms with E-state index in [4.69, 9.17) is 9.84 Å². The maximum Gasteiger partial charge on any atom is 0.207 e. The smallest absolute Gasteiger partial charge is 0.207 e. The largest absolute Gasteiger partial charge is 0.396 e. The van der Waals surface area contributed by atoms with E-state index in [0.29, 0.717) is 12.6 Å². The Kier molecular flexibility index (Phi) is 7.96. The van der Waals surface area contributed by atoms with Crippen LogP contribution in [0.2, 0.25) is 0 Å². The Morgan fingerprint density at radius 3 is 2.73 bits per heavy atom. The van der Waals surface area contributed by atoms with Crippen molar-refractivity contribution in [2.75, 3.05) is 26.3 Å². The normalized spacial score (nSPS) is 41.4. The number of ether oxygens (including phenoxy) is 1. The van der Waals surface area contributed by atoms with Crippen LogP contribution in [0.3, 0.4) is 0 Å². The highest BCUT2D eigenvalue weighted by Crippen LogP contribution is 2.26. The highest BCUT2D eigenvalue weighted by Gasteiger charge is 2.48. The summed E-state index contributed by atoms with van der Waals surface area (Å²) >= 11 is 0. The molecule has 0 aromatic rings. The second kappa shape index (κ2) is 9.54. The molecule has 2 rings (SSSR count). The van der Waals surface area contributed by atoms with Gasteiger partial charge in [-0.1, -0.05) is 13.3 Å². The number of ketones is 1. The summed E-state index contributed by atoms with van der Waals surface area (Å²) < 4.78 is 5.26. The Morgan fingerprint density at radius 2 is 2.04 bits per heavy atom. The molecule has 0 aromatic carbocycles. The van der Waals surface area contributed by atoms with Crippen molar-refractivity contribution in [3.8, 4) is 0 Å². The lowest BCUT2D eigenvalue weighted by atomic mass is 9.86. The highest BCUT2D eigenvalue weighted by molar-refractivity contribution is 5.86. The molecule has 8 heteroatoms. The van der Waals surface area contributed by atoms with Crippen LogP contribution in [-0.4, -0.2) is 82.6 Å². The van der Waals surface area contributed by atoms with Crippen molar-refractivity contribution in [2.24, 2.45) is 11.8 Å². The quantitative estimate of drug-likeness (QED) is 0.291. The molecule has 2 saturated heterocycles. The Morgan fingerprint density at radius 1 is 1.31 bits per heavy atom. The monoisotopic (exact) mass is 374 g/mol. The second-order valence-corrected chi connectivity index (χ2v) is 7.87. The molecule has 6 N–H and O–H groups in total. The fourth-order valence-electron chi connectivity index (χ4n) is 3.85. The Labute approximate surface area is 154 Å². The Hall–Kier alpha value is -0.610. The van der Waals surface area contributed by atoms with Crippen LogP contribution >= 0.6 is 0 Å². The molecule has 0 radical (unpaired) electrons. The Balaban J connectivity index is 1.65. The zero-order valence-corrected chi connectivity index (χ0v) is 15.7. The van der Waals surface area contributed by atoms with Crippen LogP contribution < -0.4 is 10.6 Å². The van der Waals surface area contributed by atoms with Gasteiger partial charge in [-0.3, -0.25) is 4.79 Å². The first-order valence-corrected chi connectivity index (χ1v) is 9.62. The summed E-state index contributed by atoms with van der Waals surface area (Å²) in [6.07, 6.45) is 0.659. The van der Waals surface area contributed by atoms with E-state index in [1.165, 1.54) is 0 Å². The number of Topliss-reactive ketones (excluding diaryl/α,β-unsaturated/α-hetero) is 1. The molecule has 0 bridgehead atoms. The average Bonchev–Trinajstić information content (AvgIpc) is 2.60. The van der Waals surface area contributed by atoms with Crippen molar-refractivity contribution in [3.05, 3.63) is 0 Å². The minimum absolute atomic E-state index is 0.0151. The molecule has 2 heterocycles. The van der Waals surface area contributed by atoms with E-state index in [-0.39, 0.29) is 37.5 Å². The third kappa shape index (κ3) is 5.22. The van der Waals surface area contributed by atoms with Gasteiger partial charge in [0.15, 0.2) is 5.78 Å². The summed E-state index contributed by atoms with van der Waals surface area (Å²) in [6, 6.07) is 0.284. The number of unbranched alkanes of at least 4 members (excludes halogenated alkanes) is 1. The minimum atomic E-state index is -1.86. The number of hydrogen-bond acceptors (Lipinski definition) is 8. The Bertz CT molecular complexity index is 465. The molecule has 26 heavy (non-hydrogen) atoms. The predicted octanol–water partition coefficient (Wildman–Crippen LogP) is -1.25. The minimum Gasteiger partial charge on any atom is -0.396 e. The van der Waals surface area contributed by atoms with Crippen LogP contribution in [0.4, 0.5) is 0 Å². The van der Waals surface area contributed by atoms with Gasteiger partial charge in [-0.15, -0.1) is 0 Å². The highest BCUT2D eigenvalue weighted by atomic mass is 16.6. The summed E-state index contributed by atoms with van der Waals surface area (Å²) in [6.45, 7) is 4.34. The number of carbonyl (C=O) groups excluding carboxylic acids is 1. The van der Waals surface area contributed by atoms with Gasteiger partial charge in [-0.2, -0.15) is 0 Å². The number of piperidine rings is 1. The van der Waals surface area contributed by atoms with Crippen LogP contribution in [0.15, 0.2) is 0 Å². The van der Waals surface area contributed by atoms with E-state index in [9.17, 15) is 20.1 Å². The van der Waals surface area contributed by atoms with Gasteiger partial charge in [-0.05, 0) is 32.7 Å². The van der Waals surface area contributed by atoms with E-state index in [0.717, 1.165) is 25.7 Å². The molecule has 2 aliphatic heterocycles. The van der Waals surface area contributed by atoms with Gasteiger partial charge in [0.2, 0.25) is 5.79 Å². The SMILES string of the molecule is CC1CC(C)C(=O)C(CCCCNCC2(O)OCC(CO)C(O)C2O)N1. The summed E-state index contributed by atoms with van der Waals surface area (Å²) in [5.74, 6) is -2.06. The molecule has 7 atom stereocenters. The van der Waals surface area contributed by atoms with Crippen LogP contribution in [-0.2, 0) is 9.53 Å². The molecule has 0 amide bonds. The summed E-state index contributed by atoms with van der Waals surface area (Å²) in [5.41, 5.74) is 0. The summed E-state index contributed by atoms with van der Waals surface area (Å²) in [4.78, 5) is 12.2. The van der Waals surface area contributed by atoms with E-state index in [1.54, 1.807) is 0 Å². The number of carbonyl (C=O) groups is 1. The number of aliphatic hydroxyl groups excluding tert-OH is 3. The fraction of sp³-hybridized carbons (Fsp3) is 0.944. The van der Waals surface area contributed by atoms with E-state index in [1.807, 2.05) is 6.92 Å². The first-order chi connectivity index (χ1) is 12.3. The number of nitrogens with one attached hydrogen (secondary N) is 2. The molecule has 0 aliphatic carbocycles. The van der Waals surface area contributed by atoms with E-state index < -0.39 is 23.9 Å². The average molecular weight is 374 g/mol. The predicted molar refractivity (Wildman–Crippen MR) is 95.4 cm³/mol. The lowest BCUT2D eigenvalue weighted by molar-refractivity contribution is -0.312. The molecule has 0 spiro atoms. The second-order valence-electron chi connectivity index (χ2n) is 7.87. The van der Waals surface area contributed by atoms with Crippen LogP contribution in [0.25, 0.3) is 0 Å². The topological polar surface area (TPSA) is 131 Å². The van der Waals surface area contributed by atoms with Crippen LogP contribution in [0, 0.1) is 11.8 Å². The molecular weight excluding hydrogens is 340 g/mol. The molecule has 8 nitrogen and oxygen atoms in total. The molecule has 2 aliphatic rings. The lowest BCUT2D eigenvalue weighted by Gasteiger charge is -2.42. The molecule has 152 valence electrons. The summed E-state index contributed by atoms with van der Waals surface area (Å²) in [5, 5.41) is 45.8. The number of aliphatic hydroxyl groups is 4. The third-order valence-electron chi connectivity index (χ3n) is 5.55. The first kappa shape index (κ1) is 21.7. The third-order valence-corrected chi connectivity index (χ3v) is 5.55. The standard InChI is InChI=1S/C18H34N2O6/c1-11-7-12(2)20-14(15(11)22)5-3-4-6-19-10-18(25)17(24)16(23)13(8-21)9-26-18/h11-14,16-17,19-21,23-25H,3-10H2,1-2H3. The van der Waals surface area contributed by atoms with Crippen molar-refractivity contribution in [2.45, 2.75) is 69.6 Å². The van der Waals surface area contributed by atoms with Crippen LogP contribution in [0.1, 0.15) is 39.5 Å². The molecule has 0 aromatic heterocycles. The van der Waals surface area contributed by atoms with Gasteiger partial charge in [0.25, 0.3) is 0 Å². The van der Waals surface area contributed by atoms with Gasteiger partial charge in [0, 0.05) is 17.9 Å². The van der Waals surface area contributed by atoms with Crippen LogP contribution in [0.5, 0.6) is 0 Å². The molecule has 2 fully saturated rings. The zero-order valence-electron chi connectivity index (χ0n) is 15.7. The molecule has 0 saturated carbocycles. The summed E-state index contributed by atoms with van der Waals surface area (Å²) in [7, 11) is 0. The van der Waals surface area contributed by atoms with Crippen molar-refractivity contribution >= 4 is 5.78 Å². The molecular formula is C18H34N2O6. The van der Waals surface area contributed by atoms with Gasteiger partial charge in [-0.25, -0.2) is 0 Å². The van der Waals surface area contributed by atoms with Crippen molar-refractivity contribution in [3.63, 3.8) is 0 Å². The van der Waals surface area contributed by atoms with Gasteiger partial charge >= 0.3 is 0 Å². The van der Waals surface area contributed by atoms with Crippen molar-refractivity contribution in [1.82, 2.24) is 10.6 Å². The van der Waals surface area contributed by atoms with E-state index >= 15 is 0 Å². The zero-order chi connectivity index (χ0) is 19.3. The number of rotatable bonds is 8. The fourth-order valence-corrected chi connectivity index (χ4v) is 3.85. The maximum absolute atomic E-state index is 12.2. The van der Waals surface area contributed by atoms with Crippen molar-refractivity contribution < 1.29 is 30.0 Å². The van der Waals surface area contributed by atoms with Crippen molar-refractivity contribution in [1.29, 1.82) is 0 Å². The first-order valence-electron chi connectivity index (χ1n) is 9.62. The van der Waals surface area contributed by atoms with Gasteiger partial charge < -0.3 is 35.8 Å². The van der Waals surface area contributed by atoms with Gasteiger partial charge in [0.1, 0.15) is 6.10 Å². The lowest BCUT2D eigenvalue weighted by Crippen LogP contribution is -2.63. The van der Waals surface area contributed by atoms with E-state index in [2.05, 4.69) is 17.6 Å². The number of hydrogen-bond donors (Lipinski definition) is 6. The maximum atomic E-state index is 12.2. The van der Waals surface area contributed by atoms with Gasteiger partial charge in [0.05, 0.1) is 31.9 Å². The molecule has 7 unspecified atom stereocenters.